The van der Waals surface area contributed by atoms with Gasteiger partial charge in [0.05, 0.1) is 15.4 Å². The number of thiophene rings is 1. The molecule has 0 spiro atoms. The van der Waals surface area contributed by atoms with Crippen LogP contribution in [0.5, 0.6) is 0 Å². The fourth-order valence-electron chi connectivity index (χ4n) is 3.24. The molecule has 31 heavy (non-hydrogen) atoms. The van der Waals surface area contributed by atoms with Gasteiger partial charge in [-0.2, -0.15) is 0 Å². The van der Waals surface area contributed by atoms with Crippen molar-refractivity contribution in [2.24, 2.45) is 0 Å². The number of fused-ring (bicyclic) bond motifs is 2. The van der Waals surface area contributed by atoms with Gasteiger partial charge >= 0.3 is 0 Å². The van der Waals surface area contributed by atoms with E-state index in [0.29, 0.717) is 21.2 Å². The molecule has 2 N–H and O–H groups in total. The van der Waals surface area contributed by atoms with Gasteiger partial charge in [-0.05, 0) is 35.7 Å². The van der Waals surface area contributed by atoms with Gasteiger partial charge in [0.1, 0.15) is 4.21 Å². The quantitative estimate of drug-likeness (QED) is 0.329. The van der Waals surface area contributed by atoms with Crippen LogP contribution in [0.4, 0.5) is 17.3 Å². The van der Waals surface area contributed by atoms with Crippen LogP contribution < -0.4 is 10.0 Å². The average molecular weight is 467 g/mol. The van der Waals surface area contributed by atoms with Crippen molar-refractivity contribution in [2.75, 3.05) is 10.0 Å². The second kappa shape index (κ2) is 7.81. The van der Waals surface area contributed by atoms with E-state index in [2.05, 4.69) is 20.0 Å². The van der Waals surface area contributed by atoms with Crippen LogP contribution in [-0.2, 0) is 10.0 Å². The topological polar surface area (TPSA) is 84.0 Å². The first-order valence-electron chi connectivity index (χ1n) is 9.29. The Morgan fingerprint density at radius 1 is 0.774 bits per heavy atom. The predicted molar refractivity (Wildman–Crippen MR) is 127 cm³/mol. The molecule has 0 unspecified atom stereocenters. The standard InChI is InChI=1S/C22H15ClN4O2S2/c23-19-12-13-20(30-19)31(28,29)27-22-21(25-17-9-3-4-10-18(17)26-22)24-16-11-5-7-14-6-1-2-8-15(14)16/h1-13H,(H,24,25)(H,26,27). The van der Waals surface area contributed by atoms with Gasteiger partial charge < -0.3 is 5.32 Å². The summed E-state index contributed by atoms with van der Waals surface area (Å²) in [6, 6.07) is 24.1. The number of sulfonamides is 1. The fourth-order valence-corrected chi connectivity index (χ4v) is 5.73. The molecule has 0 fully saturated rings. The molecule has 6 nitrogen and oxygen atoms in total. The monoisotopic (exact) mass is 466 g/mol. The molecule has 0 radical (unpaired) electrons. The zero-order chi connectivity index (χ0) is 21.4. The van der Waals surface area contributed by atoms with Gasteiger partial charge in [-0.25, -0.2) is 18.4 Å². The molecule has 0 aliphatic carbocycles. The Morgan fingerprint density at radius 2 is 1.45 bits per heavy atom. The average Bonchev–Trinajstić information content (AvgIpc) is 3.22. The van der Waals surface area contributed by atoms with Crippen molar-refractivity contribution in [3.05, 3.63) is 83.2 Å². The van der Waals surface area contributed by atoms with Crippen LogP contribution in [0, 0.1) is 0 Å². The van der Waals surface area contributed by atoms with Crippen LogP contribution in [0.2, 0.25) is 4.34 Å². The predicted octanol–water partition coefficient (Wildman–Crippen LogP) is 6.04. The van der Waals surface area contributed by atoms with Crippen molar-refractivity contribution in [2.45, 2.75) is 4.21 Å². The zero-order valence-electron chi connectivity index (χ0n) is 15.9. The molecule has 9 heteroatoms. The van der Waals surface area contributed by atoms with E-state index in [0.717, 1.165) is 27.8 Å². The number of nitrogens with one attached hydrogen (secondary N) is 2. The number of hydrogen-bond donors (Lipinski definition) is 2. The number of aromatic nitrogens is 2. The van der Waals surface area contributed by atoms with Gasteiger partial charge in [-0.1, -0.05) is 60.1 Å². The van der Waals surface area contributed by atoms with E-state index >= 15 is 0 Å². The first kappa shape index (κ1) is 19.7. The Morgan fingerprint density at radius 3 is 2.19 bits per heavy atom. The Kier molecular flexibility index (Phi) is 4.97. The molecule has 0 atom stereocenters. The van der Waals surface area contributed by atoms with Crippen LogP contribution in [0.25, 0.3) is 21.8 Å². The van der Waals surface area contributed by atoms with E-state index in [1.807, 2.05) is 60.7 Å². The lowest BCUT2D eigenvalue weighted by Gasteiger charge is -2.14. The summed E-state index contributed by atoms with van der Waals surface area (Å²) in [6.45, 7) is 0. The molecule has 5 aromatic rings. The fraction of sp³-hybridized carbons (Fsp3) is 0. The normalized spacial score (nSPS) is 11.6. The first-order valence-corrected chi connectivity index (χ1v) is 12.0. The van der Waals surface area contributed by atoms with E-state index in [1.165, 1.54) is 6.07 Å². The maximum atomic E-state index is 12.9. The van der Waals surface area contributed by atoms with Gasteiger partial charge in [0.25, 0.3) is 10.0 Å². The zero-order valence-corrected chi connectivity index (χ0v) is 18.3. The second-order valence-electron chi connectivity index (χ2n) is 6.73. The largest absolute Gasteiger partial charge is 0.337 e. The van der Waals surface area contributed by atoms with Gasteiger partial charge in [0.15, 0.2) is 11.6 Å². The highest BCUT2D eigenvalue weighted by Crippen LogP contribution is 2.32. The molecule has 154 valence electrons. The Bertz CT molecular complexity index is 1530. The number of benzene rings is 3. The third-order valence-electron chi connectivity index (χ3n) is 4.66. The number of halogens is 1. The molecule has 0 aliphatic rings. The minimum atomic E-state index is -3.88. The van der Waals surface area contributed by atoms with Gasteiger partial charge in [-0.15, -0.1) is 11.3 Å². The van der Waals surface area contributed by atoms with Gasteiger partial charge in [0.2, 0.25) is 0 Å². The molecule has 2 heterocycles. The lowest BCUT2D eigenvalue weighted by molar-refractivity contribution is 0.603. The van der Waals surface area contributed by atoms with Gasteiger partial charge in [0, 0.05) is 11.1 Å². The van der Waals surface area contributed by atoms with E-state index in [9.17, 15) is 8.42 Å². The summed E-state index contributed by atoms with van der Waals surface area (Å²) in [5.41, 5.74) is 2.02. The van der Waals surface area contributed by atoms with E-state index in [4.69, 9.17) is 11.6 Å². The molecular weight excluding hydrogens is 452 g/mol. The molecule has 0 saturated carbocycles. The first-order chi connectivity index (χ1) is 15.0. The van der Waals surface area contributed by atoms with Crippen LogP contribution in [0.3, 0.4) is 0 Å². The van der Waals surface area contributed by atoms with Crippen molar-refractivity contribution in [1.82, 2.24) is 9.97 Å². The van der Waals surface area contributed by atoms with E-state index in [1.54, 1.807) is 12.1 Å². The summed E-state index contributed by atoms with van der Waals surface area (Å²) in [5, 5.41) is 5.30. The third-order valence-corrected chi connectivity index (χ3v) is 7.72. The summed E-state index contributed by atoms with van der Waals surface area (Å²) in [6.07, 6.45) is 0. The third kappa shape index (κ3) is 3.93. The molecule has 0 amide bonds. The Labute approximate surface area is 187 Å². The van der Waals surface area contributed by atoms with Crippen LogP contribution >= 0.6 is 22.9 Å². The number of rotatable bonds is 5. The maximum Gasteiger partial charge on any atom is 0.272 e. The maximum absolute atomic E-state index is 12.9. The van der Waals surface area contributed by atoms with Crippen LogP contribution in [0.1, 0.15) is 0 Å². The lowest BCUT2D eigenvalue weighted by Crippen LogP contribution is -2.15. The highest BCUT2D eigenvalue weighted by molar-refractivity contribution is 7.94. The number of anilines is 3. The van der Waals surface area contributed by atoms with E-state index < -0.39 is 10.0 Å². The molecule has 5 rings (SSSR count). The Hall–Kier alpha value is -3.20. The lowest BCUT2D eigenvalue weighted by atomic mass is 10.1. The summed E-state index contributed by atoms with van der Waals surface area (Å²) >= 11 is 6.90. The Balaban J connectivity index is 1.63. The molecule has 0 aliphatic heterocycles. The van der Waals surface area contributed by atoms with Crippen molar-refractivity contribution in [3.8, 4) is 0 Å². The summed E-state index contributed by atoms with van der Waals surface area (Å²) in [5.74, 6) is 0.414. The van der Waals surface area contributed by atoms with Crippen molar-refractivity contribution < 1.29 is 8.42 Å². The molecule has 0 saturated heterocycles. The van der Waals surface area contributed by atoms with Gasteiger partial charge in [-0.3, -0.25) is 4.72 Å². The number of para-hydroxylation sites is 2. The molecule has 0 bridgehead atoms. The molecule has 3 aromatic carbocycles. The smallest absolute Gasteiger partial charge is 0.272 e. The second-order valence-corrected chi connectivity index (χ2v) is 10.3. The number of hydrogen-bond acceptors (Lipinski definition) is 6. The highest BCUT2D eigenvalue weighted by atomic mass is 35.5. The minimum Gasteiger partial charge on any atom is -0.337 e. The number of nitrogens with zero attached hydrogens (tertiary/aromatic N) is 2. The van der Waals surface area contributed by atoms with Crippen LogP contribution in [0.15, 0.2) is 83.1 Å². The van der Waals surface area contributed by atoms with E-state index in [-0.39, 0.29) is 10.0 Å². The van der Waals surface area contributed by atoms with Crippen LogP contribution in [-0.4, -0.2) is 18.4 Å². The van der Waals surface area contributed by atoms with Crippen molar-refractivity contribution >= 4 is 72.1 Å². The minimum absolute atomic E-state index is 0.101. The SMILES string of the molecule is O=S(=O)(Nc1nc2ccccc2nc1Nc1cccc2ccccc12)c1ccc(Cl)s1. The van der Waals surface area contributed by atoms with Crippen molar-refractivity contribution in [1.29, 1.82) is 0 Å². The molecular formula is C22H15ClN4O2S2. The summed E-state index contributed by atoms with van der Waals surface area (Å²) in [7, 11) is -3.88. The highest BCUT2D eigenvalue weighted by Gasteiger charge is 2.21. The summed E-state index contributed by atoms with van der Waals surface area (Å²) < 4.78 is 28.9. The molecule has 2 aromatic heterocycles. The van der Waals surface area contributed by atoms with Crippen molar-refractivity contribution in [3.63, 3.8) is 0 Å². The summed E-state index contributed by atoms with van der Waals surface area (Å²) in [4.78, 5) is 9.16.